The van der Waals surface area contributed by atoms with Gasteiger partial charge in [0, 0.05) is 0 Å². The van der Waals surface area contributed by atoms with Gasteiger partial charge < -0.3 is 16.3 Å². The number of carbonyl (C=O) groups excluding carboxylic acids is 1. The summed E-state index contributed by atoms with van der Waals surface area (Å²) in [5, 5.41) is 13.5. The molecule has 0 saturated carbocycles. The van der Waals surface area contributed by atoms with Crippen LogP contribution in [0.2, 0.25) is 0 Å². The molecule has 4 N–H and O–H groups in total. The lowest BCUT2D eigenvalue weighted by molar-refractivity contribution is 0.0962. The van der Waals surface area contributed by atoms with Gasteiger partial charge in [0.1, 0.15) is 4.88 Å². The van der Waals surface area contributed by atoms with E-state index in [2.05, 4.69) is 15.5 Å². The normalized spacial score (nSPS) is 11.4. The first-order chi connectivity index (χ1) is 6.65. The van der Waals surface area contributed by atoms with Crippen LogP contribution in [0.25, 0.3) is 0 Å². The maximum Gasteiger partial charge on any atom is 0.263 e. The fourth-order valence-electron chi connectivity index (χ4n) is 0.806. The number of amidine groups is 1. The van der Waals surface area contributed by atoms with E-state index in [-0.39, 0.29) is 18.3 Å². The lowest BCUT2D eigenvalue weighted by Crippen LogP contribution is -2.33. The molecule has 1 aromatic rings. The maximum absolute atomic E-state index is 11.4. The van der Waals surface area contributed by atoms with E-state index in [4.69, 9.17) is 10.9 Å². The Balaban J connectivity index is 2.56. The van der Waals surface area contributed by atoms with Crippen molar-refractivity contribution in [1.82, 2.24) is 10.3 Å². The molecular weight excluding hydrogens is 204 g/mol. The molecule has 0 aliphatic rings. The first-order valence-electron chi connectivity index (χ1n) is 3.80. The Morgan fingerprint density at radius 1 is 1.86 bits per heavy atom. The van der Waals surface area contributed by atoms with Crippen LogP contribution >= 0.6 is 11.3 Å². The van der Waals surface area contributed by atoms with E-state index in [1.54, 1.807) is 12.4 Å². The van der Waals surface area contributed by atoms with Crippen LogP contribution in [-0.4, -0.2) is 28.5 Å². The molecule has 0 radical (unpaired) electrons. The minimum absolute atomic E-state index is 0.0205. The summed E-state index contributed by atoms with van der Waals surface area (Å²) >= 11 is 1.25. The van der Waals surface area contributed by atoms with Crippen LogP contribution in [0.15, 0.2) is 10.7 Å². The van der Waals surface area contributed by atoms with Crippen molar-refractivity contribution in [3.63, 3.8) is 0 Å². The second kappa shape index (κ2) is 4.56. The molecule has 0 spiro atoms. The van der Waals surface area contributed by atoms with Crippen LogP contribution in [0.3, 0.4) is 0 Å². The van der Waals surface area contributed by atoms with Gasteiger partial charge in [0.25, 0.3) is 5.91 Å². The van der Waals surface area contributed by atoms with Gasteiger partial charge in [0.15, 0.2) is 5.84 Å². The molecule has 76 valence electrons. The third-order valence-corrected chi connectivity index (χ3v) is 2.44. The lowest BCUT2D eigenvalue weighted by atomic mass is 10.4. The Kier molecular flexibility index (Phi) is 3.41. The van der Waals surface area contributed by atoms with Gasteiger partial charge in [-0.05, 0) is 6.92 Å². The molecule has 14 heavy (non-hydrogen) atoms. The van der Waals surface area contributed by atoms with Gasteiger partial charge in [-0.3, -0.25) is 4.79 Å². The van der Waals surface area contributed by atoms with E-state index in [0.717, 1.165) is 0 Å². The van der Waals surface area contributed by atoms with E-state index >= 15 is 0 Å². The number of nitrogens with one attached hydrogen (secondary N) is 1. The smallest absolute Gasteiger partial charge is 0.263 e. The monoisotopic (exact) mass is 214 g/mol. The van der Waals surface area contributed by atoms with Crippen molar-refractivity contribution in [2.75, 3.05) is 6.54 Å². The minimum atomic E-state index is -0.267. The summed E-state index contributed by atoms with van der Waals surface area (Å²) in [4.78, 5) is 15.9. The summed E-state index contributed by atoms with van der Waals surface area (Å²) in [5.41, 5.74) is 7.45. The van der Waals surface area contributed by atoms with E-state index in [9.17, 15) is 4.79 Å². The van der Waals surface area contributed by atoms with Crippen molar-refractivity contribution in [2.45, 2.75) is 6.92 Å². The molecule has 0 aromatic carbocycles. The number of aromatic nitrogens is 1. The molecule has 0 aliphatic carbocycles. The first kappa shape index (κ1) is 10.5. The zero-order valence-corrected chi connectivity index (χ0v) is 8.34. The number of nitrogens with two attached hydrogens (primary N) is 1. The standard InChI is InChI=1S/C7H10N4O2S/c1-4-6(14-3-10-4)7(12)9-2-5(8)11-13/h3,13H,2H2,1H3,(H2,8,11)(H,9,12). The number of oxime groups is 1. The minimum Gasteiger partial charge on any atom is -0.409 e. The number of carbonyl (C=O) groups is 1. The predicted octanol–water partition coefficient (Wildman–Crippen LogP) is -0.0723. The SMILES string of the molecule is Cc1ncsc1C(=O)NC/C(N)=N/O. The first-order valence-corrected chi connectivity index (χ1v) is 4.67. The second-order valence-corrected chi connectivity index (χ2v) is 3.40. The summed E-state index contributed by atoms with van der Waals surface area (Å²) in [7, 11) is 0. The van der Waals surface area contributed by atoms with Gasteiger partial charge in [-0.25, -0.2) is 4.98 Å². The lowest BCUT2D eigenvalue weighted by Gasteiger charge is -2.01. The third-order valence-electron chi connectivity index (χ3n) is 1.51. The number of rotatable bonds is 3. The third kappa shape index (κ3) is 2.43. The van der Waals surface area contributed by atoms with Gasteiger partial charge >= 0.3 is 0 Å². The molecule has 7 heteroatoms. The molecule has 1 aromatic heterocycles. The highest BCUT2D eigenvalue weighted by Gasteiger charge is 2.11. The zero-order chi connectivity index (χ0) is 10.6. The molecule has 0 aliphatic heterocycles. The Hall–Kier alpha value is -1.63. The number of aryl methyl sites for hydroxylation is 1. The summed E-state index contributed by atoms with van der Waals surface area (Å²) < 4.78 is 0. The van der Waals surface area contributed by atoms with Gasteiger partial charge in [-0.15, -0.1) is 11.3 Å². The molecule has 1 rings (SSSR count). The van der Waals surface area contributed by atoms with Gasteiger partial charge in [-0.2, -0.15) is 0 Å². The number of hydrogen-bond donors (Lipinski definition) is 3. The molecular formula is C7H10N4O2S. The van der Waals surface area contributed by atoms with Gasteiger partial charge in [-0.1, -0.05) is 5.16 Å². The van der Waals surface area contributed by atoms with Crippen LogP contribution in [0.1, 0.15) is 15.4 Å². The van der Waals surface area contributed by atoms with Crippen LogP contribution in [0, 0.1) is 6.92 Å². The van der Waals surface area contributed by atoms with Crippen LogP contribution in [0.4, 0.5) is 0 Å². The van der Waals surface area contributed by atoms with Crippen LogP contribution in [0.5, 0.6) is 0 Å². The van der Waals surface area contributed by atoms with Crippen molar-refractivity contribution < 1.29 is 10.0 Å². The number of hydrogen-bond acceptors (Lipinski definition) is 5. The van der Waals surface area contributed by atoms with Crippen LogP contribution in [-0.2, 0) is 0 Å². The average molecular weight is 214 g/mol. The van der Waals surface area contributed by atoms with Crippen molar-refractivity contribution >= 4 is 23.1 Å². The Morgan fingerprint density at radius 2 is 2.57 bits per heavy atom. The summed E-state index contributed by atoms with van der Waals surface area (Å²) in [6.45, 7) is 1.77. The molecule has 6 nitrogen and oxygen atoms in total. The largest absolute Gasteiger partial charge is 0.409 e. The summed E-state index contributed by atoms with van der Waals surface area (Å²) in [6.07, 6.45) is 0. The fraction of sp³-hybridized carbons (Fsp3) is 0.286. The second-order valence-electron chi connectivity index (χ2n) is 2.54. The Morgan fingerprint density at radius 3 is 3.07 bits per heavy atom. The molecule has 0 saturated heterocycles. The highest BCUT2D eigenvalue weighted by Crippen LogP contribution is 2.10. The van der Waals surface area contributed by atoms with E-state index < -0.39 is 0 Å². The van der Waals surface area contributed by atoms with E-state index in [1.807, 2.05) is 0 Å². The van der Waals surface area contributed by atoms with Crippen molar-refractivity contribution in [2.24, 2.45) is 10.9 Å². The van der Waals surface area contributed by atoms with E-state index in [0.29, 0.717) is 10.6 Å². The van der Waals surface area contributed by atoms with Crippen molar-refractivity contribution in [3.05, 3.63) is 16.1 Å². The molecule has 1 amide bonds. The topological polar surface area (TPSA) is 101 Å². The molecule has 0 fully saturated rings. The van der Waals surface area contributed by atoms with Gasteiger partial charge in [0.05, 0.1) is 17.7 Å². The quantitative estimate of drug-likeness (QED) is 0.284. The zero-order valence-electron chi connectivity index (χ0n) is 7.52. The summed E-state index contributed by atoms with van der Waals surface area (Å²) in [5.74, 6) is -0.308. The molecule has 0 bridgehead atoms. The van der Waals surface area contributed by atoms with Crippen molar-refractivity contribution in [3.8, 4) is 0 Å². The molecule has 0 atom stereocenters. The number of amides is 1. The fourth-order valence-corrected chi connectivity index (χ4v) is 1.53. The molecule has 1 heterocycles. The Bertz CT molecular complexity index is 360. The average Bonchev–Trinajstić information content (AvgIpc) is 2.60. The van der Waals surface area contributed by atoms with Crippen LogP contribution < -0.4 is 11.1 Å². The van der Waals surface area contributed by atoms with Gasteiger partial charge in [0.2, 0.25) is 0 Å². The predicted molar refractivity (Wildman–Crippen MR) is 52.6 cm³/mol. The highest BCUT2D eigenvalue weighted by atomic mass is 32.1. The highest BCUT2D eigenvalue weighted by molar-refractivity contribution is 7.11. The number of thiazole rings is 1. The maximum atomic E-state index is 11.4. The molecule has 0 unspecified atom stereocenters. The number of nitrogens with zero attached hydrogens (tertiary/aromatic N) is 2. The Labute approximate surface area is 84.4 Å². The van der Waals surface area contributed by atoms with E-state index in [1.165, 1.54) is 11.3 Å². The van der Waals surface area contributed by atoms with Crippen molar-refractivity contribution in [1.29, 1.82) is 0 Å². The summed E-state index contributed by atoms with van der Waals surface area (Å²) in [6, 6.07) is 0.